The van der Waals surface area contributed by atoms with E-state index in [1.807, 2.05) is 25.3 Å². The fraction of sp³-hybridized carbons (Fsp3) is 0.308. The SMILES string of the molecule is C=C/C(=C\C(C)C)n1cc(C)ccc1=O. The van der Waals surface area contributed by atoms with Gasteiger partial charge < -0.3 is 0 Å². The van der Waals surface area contributed by atoms with Crippen LogP contribution in [0.2, 0.25) is 0 Å². The van der Waals surface area contributed by atoms with Crippen LogP contribution in [0.4, 0.5) is 0 Å². The lowest BCUT2D eigenvalue weighted by molar-refractivity contribution is 0.824. The highest BCUT2D eigenvalue weighted by Crippen LogP contribution is 2.08. The van der Waals surface area contributed by atoms with E-state index in [-0.39, 0.29) is 5.56 Å². The molecule has 2 nitrogen and oxygen atoms in total. The third kappa shape index (κ3) is 2.94. The van der Waals surface area contributed by atoms with E-state index in [2.05, 4.69) is 20.4 Å². The summed E-state index contributed by atoms with van der Waals surface area (Å²) in [6, 6.07) is 3.39. The minimum atomic E-state index is -0.0209. The molecule has 0 aliphatic rings. The third-order valence-electron chi connectivity index (χ3n) is 2.05. The van der Waals surface area contributed by atoms with Crippen LogP contribution in [0.5, 0.6) is 0 Å². The van der Waals surface area contributed by atoms with Crippen LogP contribution in [-0.2, 0) is 0 Å². The van der Waals surface area contributed by atoms with E-state index >= 15 is 0 Å². The van der Waals surface area contributed by atoms with Gasteiger partial charge in [-0.25, -0.2) is 0 Å². The van der Waals surface area contributed by atoms with Crippen LogP contribution in [0.3, 0.4) is 0 Å². The molecule has 0 bridgehead atoms. The van der Waals surface area contributed by atoms with Crippen molar-refractivity contribution in [1.82, 2.24) is 4.57 Å². The Morgan fingerprint density at radius 2 is 2.13 bits per heavy atom. The van der Waals surface area contributed by atoms with Gasteiger partial charge in [-0.15, -0.1) is 0 Å². The Kier molecular flexibility index (Phi) is 3.67. The van der Waals surface area contributed by atoms with E-state index < -0.39 is 0 Å². The maximum Gasteiger partial charge on any atom is 0.255 e. The van der Waals surface area contributed by atoms with Crippen LogP contribution in [0, 0.1) is 12.8 Å². The van der Waals surface area contributed by atoms with Crippen LogP contribution in [0.25, 0.3) is 5.70 Å². The quantitative estimate of drug-likeness (QED) is 0.692. The number of hydrogen-bond acceptors (Lipinski definition) is 1. The van der Waals surface area contributed by atoms with Crippen molar-refractivity contribution < 1.29 is 0 Å². The highest BCUT2D eigenvalue weighted by Gasteiger charge is 2.00. The molecule has 0 fully saturated rings. The van der Waals surface area contributed by atoms with Gasteiger partial charge in [-0.2, -0.15) is 0 Å². The van der Waals surface area contributed by atoms with Crippen molar-refractivity contribution in [3.63, 3.8) is 0 Å². The Bertz CT molecular complexity index is 438. The predicted molar refractivity (Wildman–Crippen MR) is 64.7 cm³/mol. The molecule has 0 aliphatic heterocycles. The first-order chi connectivity index (χ1) is 7.04. The lowest BCUT2D eigenvalue weighted by Crippen LogP contribution is -2.17. The van der Waals surface area contributed by atoms with Gasteiger partial charge in [-0.3, -0.25) is 9.36 Å². The Hall–Kier alpha value is -1.57. The number of aryl methyl sites for hydroxylation is 1. The zero-order valence-electron chi connectivity index (χ0n) is 9.53. The molecule has 1 heterocycles. The molecule has 1 rings (SSSR count). The summed E-state index contributed by atoms with van der Waals surface area (Å²) in [7, 11) is 0. The summed E-state index contributed by atoms with van der Waals surface area (Å²) in [5, 5.41) is 0. The maximum atomic E-state index is 11.6. The van der Waals surface area contributed by atoms with Gasteiger partial charge in [0.2, 0.25) is 0 Å². The Balaban J connectivity index is 3.30. The molecule has 0 aliphatic carbocycles. The van der Waals surface area contributed by atoms with Crippen LogP contribution in [0.15, 0.2) is 41.9 Å². The first kappa shape index (κ1) is 11.5. The standard InChI is InChI=1S/C13H17NO/c1-5-12(8-10(2)3)14-9-11(4)6-7-13(14)15/h5-10H,1H2,2-4H3/b12-8+. The Labute approximate surface area is 90.6 Å². The molecule has 0 spiro atoms. The van der Waals surface area contributed by atoms with Gasteiger partial charge >= 0.3 is 0 Å². The first-order valence-electron chi connectivity index (χ1n) is 5.08. The van der Waals surface area contributed by atoms with E-state index in [0.717, 1.165) is 11.3 Å². The fourth-order valence-corrected chi connectivity index (χ4v) is 1.38. The Morgan fingerprint density at radius 1 is 1.47 bits per heavy atom. The van der Waals surface area contributed by atoms with E-state index in [1.54, 1.807) is 16.7 Å². The van der Waals surface area contributed by atoms with Crippen molar-refractivity contribution in [2.24, 2.45) is 5.92 Å². The number of aromatic nitrogens is 1. The molecule has 0 N–H and O–H groups in total. The van der Waals surface area contributed by atoms with Crippen molar-refractivity contribution in [3.05, 3.63) is 53.0 Å². The minimum absolute atomic E-state index is 0.0209. The second-order valence-electron chi connectivity index (χ2n) is 3.95. The van der Waals surface area contributed by atoms with Gasteiger partial charge in [0, 0.05) is 18.0 Å². The molecule has 1 aromatic rings. The largest absolute Gasteiger partial charge is 0.284 e. The van der Waals surface area contributed by atoms with Crippen molar-refractivity contribution in [3.8, 4) is 0 Å². The monoisotopic (exact) mass is 203 g/mol. The number of pyridine rings is 1. The molecular weight excluding hydrogens is 186 g/mol. The molecule has 0 amide bonds. The molecule has 80 valence electrons. The number of allylic oxidation sites excluding steroid dienone is 3. The molecule has 0 saturated heterocycles. The van der Waals surface area contributed by atoms with Gasteiger partial charge in [0.05, 0.1) is 0 Å². The van der Waals surface area contributed by atoms with Crippen molar-refractivity contribution in [2.75, 3.05) is 0 Å². The second-order valence-corrected chi connectivity index (χ2v) is 3.95. The summed E-state index contributed by atoms with van der Waals surface area (Å²) in [6.45, 7) is 9.85. The predicted octanol–water partition coefficient (Wildman–Crippen LogP) is 2.84. The van der Waals surface area contributed by atoms with Gasteiger partial charge in [-0.05, 0) is 24.5 Å². The zero-order valence-corrected chi connectivity index (χ0v) is 9.53. The number of nitrogens with zero attached hydrogens (tertiary/aromatic N) is 1. The molecule has 0 unspecified atom stereocenters. The van der Waals surface area contributed by atoms with Crippen LogP contribution in [-0.4, -0.2) is 4.57 Å². The van der Waals surface area contributed by atoms with Gasteiger partial charge in [0.1, 0.15) is 0 Å². The summed E-state index contributed by atoms with van der Waals surface area (Å²) < 4.78 is 1.63. The lowest BCUT2D eigenvalue weighted by Gasteiger charge is -2.08. The molecule has 1 aromatic heterocycles. The second kappa shape index (κ2) is 4.78. The average Bonchev–Trinajstić information content (AvgIpc) is 2.18. The lowest BCUT2D eigenvalue weighted by atomic mass is 10.1. The van der Waals surface area contributed by atoms with Crippen molar-refractivity contribution in [1.29, 1.82) is 0 Å². The van der Waals surface area contributed by atoms with Crippen LogP contribution < -0.4 is 5.56 Å². The topological polar surface area (TPSA) is 22.0 Å². The molecule has 0 saturated carbocycles. The van der Waals surface area contributed by atoms with Crippen LogP contribution in [0.1, 0.15) is 19.4 Å². The summed E-state index contributed by atoms with van der Waals surface area (Å²) in [4.78, 5) is 11.6. The average molecular weight is 203 g/mol. The molecule has 2 heteroatoms. The normalized spacial score (nSPS) is 11.9. The molecule has 0 atom stereocenters. The molecular formula is C13H17NO. The smallest absolute Gasteiger partial charge is 0.255 e. The van der Waals surface area contributed by atoms with Gasteiger partial charge in [0.25, 0.3) is 5.56 Å². The molecule has 15 heavy (non-hydrogen) atoms. The van der Waals surface area contributed by atoms with Crippen molar-refractivity contribution >= 4 is 5.70 Å². The first-order valence-corrected chi connectivity index (χ1v) is 5.08. The maximum absolute atomic E-state index is 11.6. The van der Waals surface area contributed by atoms with Gasteiger partial charge in [0.15, 0.2) is 0 Å². The number of hydrogen-bond donors (Lipinski definition) is 0. The Morgan fingerprint density at radius 3 is 2.67 bits per heavy atom. The highest BCUT2D eigenvalue weighted by atomic mass is 16.1. The molecule has 0 aromatic carbocycles. The summed E-state index contributed by atoms with van der Waals surface area (Å²) in [5.74, 6) is 0.394. The summed E-state index contributed by atoms with van der Waals surface area (Å²) >= 11 is 0. The van der Waals surface area contributed by atoms with E-state index in [1.165, 1.54) is 0 Å². The van der Waals surface area contributed by atoms with Gasteiger partial charge in [-0.1, -0.05) is 32.6 Å². The third-order valence-corrected chi connectivity index (χ3v) is 2.05. The fourth-order valence-electron chi connectivity index (χ4n) is 1.38. The van der Waals surface area contributed by atoms with E-state index in [0.29, 0.717) is 5.92 Å². The zero-order chi connectivity index (χ0) is 11.4. The summed E-state index contributed by atoms with van der Waals surface area (Å²) in [5.41, 5.74) is 1.89. The van der Waals surface area contributed by atoms with E-state index in [9.17, 15) is 4.79 Å². The molecule has 0 radical (unpaired) electrons. The summed E-state index contributed by atoms with van der Waals surface area (Å²) in [6.07, 6.45) is 5.56. The highest BCUT2D eigenvalue weighted by molar-refractivity contribution is 5.56. The number of rotatable bonds is 3. The van der Waals surface area contributed by atoms with Crippen LogP contribution >= 0.6 is 0 Å². The van der Waals surface area contributed by atoms with E-state index in [4.69, 9.17) is 0 Å². The van der Waals surface area contributed by atoms with Crippen molar-refractivity contribution in [2.45, 2.75) is 20.8 Å². The minimum Gasteiger partial charge on any atom is -0.284 e.